The van der Waals surface area contributed by atoms with Crippen LogP contribution in [0, 0.1) is 0 Å². The van der Waals surface area contributed by atoms with Gasteiger partial charge in [-0.15, -0.1) is 11.3 Å². The maximum absolute atomic E-state index is 6.31. The average molecular weight is 326 g/mol. The third-order valence-corrected chi connectivity index (χ3v) is 4.31. The van der Waals surface area contributed by atoms with Gasteiger partial charge in [-0.3, -0.25) is 0 Å². The van der Waals surface area contributed by atoms with Gasteiger partial charge in [-0.1, -0.05) is 17.7 Å². The number of halogens is 1. The fourth-order valence-electron chi connectivity index (χ4n) is 2.14. The predicted molar refractivity (Wildman–Crippen MR) is 88.7 cm³/mol. The molecule has 0 fully saturated rings. The first kappa shape index (κ1) is 16.1. The summed E-state index contributed by atoms with van der Waals surface area (Å²) >= 11 is 7.98. The maximum Gasteiger partial charge on any atom is 0.179 e. The standard InChI is InChI=1S/C16H20ClNO2S/c1-3-19-14-10-11(8-12(17)16(14)20-4-2)9-13(18)15-6-5-7-21-15/h5-8,10,13H,3-4,9,18H2,1-2H3. The molecule has 0 saturated carbocycles. The molecule has 0 aliphatic rings. The van der Waals surface area contributed by atoms with Crippen molar-refractivity contribution in [1.29, 1.82) is 0 Å². The smallest absolute Gasteiger partial charge is 0.179 e. The minimum atomic E-state index is -0.0338. The summed E-state index contributed by atoms with van der Waals surface area (Å²) in [6.45, 7) is 4.98. The lowest BCUT2D eigenvalue weighted by Gasteiger charge is -2.16. The molecule has 1 aromatic heterocycles. The summed E-state index contributed by atoms with van der Waals surface area (Å²) in [5, 5.41) is 2.60. The Bertz CT molecular complexity index is 572. The van der Waals surface area contributed by atoms with Crippen LogP contribution < -0.4 is 15.2 Å². The number of hydrogen-bond donors (Lipinski definition) is 1. The zero-order valence-corrected chi connectivity index (χ0v) is 13.8. The van der Waals surface area contributed by atoms with Gasteiger partial charge in [-0.2, -0.15) is 0 Å². The second kappa shape index (κ2) is 7.69. The minimum absolute atomic E-state index is 0.0338. The van der Waals surface area contributed by atoms with Crippen LogP contribution in [-0.2, 0) is 6.42 Å². The average Bonchev–Trinajstić information content (AvgIpc) is 2.97. The van der Waals surface area contributed by atoms with Crippen LogP contribution in [0.3, 0.4) is 0 Å². The highest BCUT2D eigenvalue weighted by Crippen LogP contribution is 2.37. The molecule has 0 bridgehead atoms. The summed E-state index contributed by atoms with van der Waals surface area (Å²) < 4.78 is 11.2. The molecule has 0 saturated heterocycles. The van der Waals surface area contributed by atoms with E-state index in [1.807, 2.05) is 37.4 Å². The molecule has 5 heteroatoms. The van der Waals surface area contributed by atoms with E-state index >= 15 is 0 Å². The highest BCUT2D eigenvalue weighted by molar-refractivity contribution is 7.10. The summed E-state index contributed by atoms with van der Waals surface area (Å²) in [6.07, 6.45) is 0.715. The van der Waals surface area contributed by atoms with Crippen molar-refractivity contribution in [2.75, 3.05) is 13.2 Å². The zero-order chi connectivity index (χ0) is 15.2. The normalized spacial score (nSPS) is 12.2. The van der Waals surface area contributed by atoms with Gasteiger partial charge in [0.15, 0.2) is 11.5 Å². The Morgan fingerprint density at radius 2 is 2.00 bits per heavy atom. The summed E-state index contributed by atoms with van der Waals surface area (Å²) in [5.74, 6) is 1.29. The number of hydrogen-bond acceptors (Lipinski definition) is 4. The van der Waals surface area contributed by atoms with Crippen LogP contribution >= 0.6 is 22.9 Å². The Kier molecular flexibility index (Phi) is 5.91. The predicted octanol–water partition coefficient (Wildman–Crippen LogP) is 4.44. The Morgan fingerprint density at radius 1 is 1.24 bits per heavy atom. The number of ether oxygens (including phenoxy) is 2. The van der Waals surface area contributed by atoms with Crippen LogP contribution in [-0.4, -0.2) is 13.2 Å². The second-order valence-corrected chi connectivity index (χ2v) is 5.98. The molecule has 1 heterocycles. The van der Waals surface area contributed by atoms with Gasteiger partial charge < -0.3 is 15.2 Å². The van der Waals surface area contributed by atoms with Crippen LogP contribution in [0.5, 0.6) is 11.5 Å². The molecule has 1 unspecified atom stereocenters. The van der Waals surface area contributed by atoms with Crippen LogP contribution in [0.15, 0.2) is 29.6 Å². The van der Waals surface area contributed by atoms with Gasteiger partial charge in [0, 0.05) is 10.9 Å². The van der Waals surface area contributed by atoms with Gasteiger partial charge in [-0.05, 0) is 49.4 Å². The molecule has 1 aromatic carbocycles. The topological polar surface area (TPSA) is 44.5 Å². The zero-order valence-electron chi connectivity index (χ0n) is 12.3. The quantitative estimate of drug-likeness (QED) is 0.818. The molecule has 2 N–H and O–H groups in total. The lowest BCUT2D eigenvalue weighted by Crippen LogP contribution is -2.12. The monoisotopic (exact) mass is 325 g/mol. The molecule has 114 valence electrons. The summed E-state index contributed by atoms with van der Waals surface area (Å²) in [4.78, 5) is 1.16. The van der Waals surface area contributed by atoms with E-state index in [-0.39, 0.29) is 6.04 Å². The number of rotatable bonds is 7. The first-order chi connectivity index (χ1) is 10.2. The van der Waals surface area contributed by atoms with Crippen molar-refractivity contribution in [2.45, 2.75) is 26.3 Å². The van der Waals surface area contributed by atoms with E-state index in [0.717, 1.165) is 10.4 Å². The lowest BCUT2D eigenvalue weighted by molar-refractivity contribution is 0.287. The van der Waals surface area contributed by atoms with Gasteiger partial charge >= 0.3 is 0 Å². The Labute approximate surface area is 134 Å². The summed E-state index contributed by atoms with van der Waals surface area (Å²) in [6, 6.07) is 7.90. The minimum Gasteiger partial charge on any atom is -0.490 e. The molecule has 0 spiro atoms. The Balaban J connectivity index is 2.23. The van der Waals surface area contributed by atoms with E-state index in [0.29, 0.717) is 36.2 Å². The number of benzene rings is 1. The van der Waals surface area contributed by atoms with Gasteiger partial charge in [0.1, 0.15) is 0 Å². The Morgan fingerprint density at radius 3 is 2.62 bits per heavy atom. The van der Waals surface area contributed by atoms with Crippen LogP contribution in [0.1, 0.15) is 30.3 Å². The van der Waals surface area contributed by atoms with E-state index in [2.05, 4.69) is 6.07 Å². The molecular formula is C16H20ClNO2S. The van der Waals surface area contributed by atoms with Crippen molar-refractivity contribution < 1.29 is 9.47 Å². The molecule has 0 amide bonds. The highest BCUT2D eigenvalue weighted by Gasteiger charge is 2.15. The van der Waals surface area contributed by atoms with E-state index in [9.17, 15) is 0 Å². The third-order valence-electron chi connectivity index (χ3n) is 3.02. The van der Waals surface area contributed by atoms with Crippen molar-refractivity contribution in [3.05, 3.63) is 45.1 Å². The molecule has 3 nitrogen and oxygen atoms in total. The number of nitrogens with two attached hydrogens (primary N) is 1. The lowest BCUT2D eigenvalue weighted by atomic mass is 10.0. The third kappa shape index (κ3) is 4.13. The molecule has 2 aromatic rings. The van der Waals surface area contributed by atoms with E-state index in [4.69, 9.17) is 26.8 Å². The maximum atomic E-state index is 6.31. The van der Waals surface area contributed by atoms with Gasteiger partial charge in [0.25, 0.3) is 0 Å². The Hall–Kier alpha value is -1.23. The first-order valence-corrected chi connectivity index (χ1v) is 8.28. The molecule has 21 heavy (non-hydrogen) atoms. The molecular weight excluding hydrogens is 306 g/mol. The van der Waals surface area contributed by atoms with Crippen molar-refractivity contribution in [3.8, 4) is 11.5 Å². The molecule has 2 rings (SSSR count). The fraction of sp³-hybridized carbons (Fsp3) is 0.375. The molecule has 0 aliphatic heterocycles. The molecule has 0 radical (unpaired) electrons. The summed E-state index contributed by atoms with van der Waals surface area (Å²) in [5.41, 5.74) is 7.29. The van der Waals surface area contributed by atoms with E-state index < -0.39 is 0 Å². The van der Waals surface area contributed by atoms with Crippen molar-refractivity contribution in [2.24, 2.45) is 5.73 Å². The molecule has 1 atom stereocenters. The van der Waals surface area contributed by atoms with Crippen LogP contribution in [0.4, 0.5) is 0 Å². The van der Waals surface area contributed by atoms with Crippen LogP contribution in [0.25, 0.3) is 0 Å². The van der Waals surface area contributed by atoms with Crippen molar-refractivity contribution in [3.63, 3.8) is 0 Å². The van der Waals surface area contributed by atoms with Crippen LogP contribution in [0.2, 0.25) is 5.02 Å². The van der Waals surface area contributed by atoms with E-state index in [1.165, 1.54) is 0 Å². The molecule has 0 aliphatic carbocycles. The van der Waals surface area contributed by atoms with Gasteiger partial charge in [-0.25, -0.2) is 0 Å². The van der Waals surface area contributed by atoms with Crippen molar-refractivity contribution >= 4 is 22.9 Å². The largest absolute Gasteiger partial charge is 0.490 e. The van der Waals surface area contributed by atoms with E-state index in [1.54, 1.807) is 11.3 Å². The van der Waals surface area contributed by atoms with Crippen molar-refractivity contribution in [1.82, 2.24) is 0 Å². The number of thiophene rings is 1. The summed E-state index contributed by atoms with van der Waals surface area (Å²) in [7, 11) is 0. The van der Waals surface area contributed by atoms with Gasteiger partial charge in [0.2, 0.25) is 0 Å². The second-order valence-electron chi connectivity index (χ2n) is 4.60. The SMILES string of the molecule is CCOc1cc(CC(N)c2cccs2)cc(Cl)c1OCC. The fourth-order valence-corrected chi connectivity index (χ4v) is 3.16. The highest BCUT2D eigenvalue weighted by atomic mass is 35.5. The van der Waals surface area contributed by atoms with Gasteiger partial charge in [0.05, 0.1) is 18.2 Å². The first-order valence-electron chi connectivity index (χ1n) is 7.02.